The number of sulfonamides is 1. The van der Waals surface area contributed by atoms with Gasteiger partial charge in [0.15, 0.2) is 0 Å². The Morgan fingerprint density at radius 1 is 0.923 bits per heavy atom. The number of rotatable bonds is 8. The monoisotopic (exact) mass is 535 g/mol. The summed E-state index contributed by atoms with van der Waals surface area (Å²) < 4.78 is 29.6. The van der Waals surface area contributed by atoms with E-state index in [0.29, 0.717) is 18.1 Å². The summed E-state index contributed by atoms with van der Waals surface area (Å²) in [4.78, 5) is 13.7. The van der Waals surface area contributed by atoms with Gasteiger partial charge in [-0.15, -0.1) is 0 Å². The van der Waals surface area contributed by atoms with Gasteiger partial charge >= 0.3 is 0 Å². The highest BCUT2D eigenvalue weighted by molar-refractivity contribution is 7.89. The van der Waals surface area contributed by atoms with Gasteiger partial charge in [-0.3, -0.25) is 4.98 Å². The lowest BCUT2D eigenvalue weighted by atomic mass is 9.97. The van der Waals surface area contributed by atoms with E-state index < -0.39 is 10.0 Å². The van der Waals surface area contributed by atoms with Gasteiger partial charge in [0.2, 0.25) is 10.0 Å². The zero-order valence-electron chi connectivity index (χ0n) is 21.7. The lowest BCUT2D eigenvalue weighted by Crippen LogP contribution is -2.33. The molecule has 0 spiro atoms. The Morgan fingerprint density at radius 3 is 2.56 bits per heavy atom. The van der Waals surface area contributed by atoms with E-state index in [9.17, 15) is 8.42 Å². The molecule has 0 atom stereocenters. The van der Waals surface area contributed by atoms with Crippen LogP contribution in [0.5, 0.6) is 0 Å². The molecular formula is C31H29N5O2S. The molecule has 2 heterocycles. The zero-order chi connectivity index (χ0) is 26.6. The number of nitrogens with one attached hydrogen (secondary N) is 1. The van der Waals surface area contributed by atoms with E-state index in [2.05, 4.69) is 51.5 Å². The van der Waals surface area contributed by atoms with E-state index in [4.69, 9.17) is 0 Å². The Hall–Kier alpha value is -3.88. The maximum Gasteiger partial charge on any atom is 0.245 e. The number of hydrogen-bond donors (Lipinski definition) is 1. The number of aryl methyl sites for hydroxylation is 1. The summed E-state index contributed by atoms with van der Waals surface area (Å²) in [6.07, 6.45) is 7.35. The van der Waals surface area contributed by atoms with Crippen molar-refractivity contribution < 1.29 is 8.42 Å². The number of para-hydroxylation sites is 1. The number of nitrogens with zero attached hydrogens (tertiary/aromatic N) is 4. The molecule has 0 saturated heterocycles. The van der Waals surface area contributed by atoms with E-state index in [0.717, 1.165) is 57.2 Å². The van der Waals surface area contributed by atoms with Crippen LogP contribution in [0.1, 0.15) is 36.8 Å². The molecule has 7 rings (SSSR count). The Morgan fingerprint density at radius 2 is 1.74 bits per heavy atom. The number of fused-ring (bicyclic) bond motifs is 2. The van der Waals surface area contributed by atoms with Gasteiger partial charge in [-0.25, -0.2) is 18.4 Å². The van der Waals surface area contributed by atoms with Gasteiger partial charge < -0.3 is 5.32 Å². The van der Waals surface area contributed by atoms with Crippen LogP contribution in [0.3, 0.4) is 0 Å². The summed E-state index contributed by atoms with van der Waals surface area (Å²) in [7, 11) is -3.74. The quantitative estimate of drug-likeness (QED) is 0.259. The summed E-state index contributed by atoms with van der Waals surface area (Å²) in [6.45, 7) is 2.40. The first-order chi connectivity index (χ1) is 19.0. The summed E-state index contributed by atoms with van der Waals surface area (Å²) in [6, 6.07) is 22.1. The normalized spacial score (nSPS) is 15.7. The molecule has 2 fully saturated rings. The second kappa shape index (κ2) is 9.39. The molecule has 1 N–H and O–H groups in total. The van der Waals surface area contributed by atoms with Crippen molar-refractivity contribution in [2.45, 2.75) is 56.1 Å². The highest BCUT2D eigenvalue weighted by atomic mass is 32.2. The lowest BCUT2D eigenvalue weighted by Gasteiger charge is -2.23. The summed E-state index contributed by atoms with van der Waals surface area (Å²) in [5, 5.41) is 5.35. The molecule has 2 aromatic heterocycles. The molecule has 0 aliphatic heterocycles. The third kappa shape index (κ3) is 4.64. The average Bonchev–Trinajstić information content (AvgIpc) is 3.87. The molecule has 0 amide bonds. The number of hydrogen-bond acceptors (Lipinski definition) is 6. The predicted octanol–water partition coefficient (Wildman–Crippen LogP) is 6.08. The van der Waals surface area contributed by atoms with E-state index in [1.165, 1.54) is 12.8 Å². The smallest absolute Gasteiger partial charge is 0.245 e. The van der Waals surface area contributed by atoms with Crippen molar-refractivity contribution in [3.63, 3.8) is 0 Å². The number of pyridine rings is 1. The number of anilines is 1. The average molecular weight is 536 g/mol. The van der Waals surface area contributed by atoms with Crippen molar-refractivity contribution in [3.8, 4) is 11.1 Å². The third-order valence-electron chi connectivity index (χ3n) is 7.61. The van der Waals surface area contributed by atoms with Crippen molar-refractivity contribution in [2.24, 2.45) is 0 Å². The Balaban J connectivity index is 1.25. The van der Waals surface area contributed by atoms with E-state index in [-0.39, 0.29) is 10.9 Å². The fourth-order valence-corrected chi connectivity index (χ4v) is 7.10. The molecule has 8 heteroatoms. The van der Waals surface area contributed by atoms with Crippen molar-refractivity contribution >= 4 is 37.6 Å². The first-order valence-corrected chi connectivity index (χ1v) is 14.9. The number of benzene rings is 3. The fraction of sp³-hybridized carbons (Fsp3) is 0.258. The molecular weight excluding hydrogens is 506 g/mol. The Labute approximate surface area is 228 Å². The Kier molecular flexibility index (Phi) is 5.82. The molecule has 0 unspecified atom stereocenters. The first-order valence-electron chi connectivity index (χ1n) is 13.4. The minimum atomic E-state index is -3.74. The molecule has 5 aromatic rings. The van der Waals surface area contributed by atoms with Gasteiger partial charge in [0.1, 0.15) is 17.0 Å². The second-order valence-corrected chi connectivity index (χ2v) is 12.5. The van der Waals surface area contributed by atoms with Crippen molar-refractivity contribution in [1.29, 1.82) is 0 Å². The van der Waals surface area contributed by atoms with Crippen LogP contribution < -0.4 is 5.32 Å². The van der Waals surface area contributed by atoms with Gasteiger partial charge in [-0.05, 0) is 85.2 Å². The van der Waals surface area contributed by atoms with Crippen LogP contribution in [0.4, 0.5) is 5.82 Å². The maximum atomic E-state index is 14.0. The van der Waals surface area contributed by atoms with E-state index in [1.807, 2.05) is 30.3 Å². The third-order valence-corrected chi connectivity index (χ3v) is 9.54. The Bertz CT molecular complexity index is 1830. The van der Waals surface area contributed by atoms with Gasteiger partial charge in [-0.2, -0.15) is 4.31 Å². The van der Waals surface area contributed by atoms with Gasteiger partial charge in [0.05, 0.1) is 11.0 Å². The summed E-state index contributed by atoms with van der Waals surface area (Å²) >= 11 is 0. The van der Waals surface area contributed by atoms with Crippen molar-refractivity contribution in [3.05, 3.63) is 90.4 Å². The molecule has 2 aliphatic rings. The van der Waals surface area contributed by atoms with Crippen molar-refractivity contribution in [2.75, 3.05) is 5.32 Å². The fourth-order valence-electron chi connectivity index (χ4n) is 5.26. The predicted molar refractivity (Wildman–Crippen MR) is 154 cm³/mol. The highest BCUT2D eigenvalue weighted by Crippen LogP contribution is 2.37. The van der Waals surface area contributed by atoms with Crippen LogP contribution in [0.2, 0.25) is 0 Å². The summed E-state index contributed by atoms with van der Waals surface area (Å²) in [5.41, 5.74) is 5.65. The minimum Gasteiger partial charge on any atom is -0.367 e. The molecule has 2 aliphatic carbocycles. The molecule has 39 heavy (non-hydrogen) atoms. The SMILES string of the molecule is Cc1cc2ncnc(NC3CC3)c2cc1-c1cccc(CN(C2CC2)S(=O)(=O)c2cccc3cccnc23)c1. The van der Waals surface area contributed by atoms with E-state index in [1.54, 1.807) is 29.0 Å². The van der Waals surface area contributed by atoms with Crippen LogP contribution in [-0.2, 0) is 16.6 Å². The lowest BCUT2D eigenvalue weighted by molar-refractivity contribution is 0.399. The van der Waals surface area contributed by atoms with Crippen LogP contribution in [0.25, 0.3) is 32.9 Å². The molecule has 0 radical (unpaired) electrons. The summed E-state index contributed by atoms with van der Waals surface area (Å²) in [5.74, 6) is 0.870. The molecule has 0 bridgehead atoms. The molecule has 3 aromatic carbocycles. The molecule has 7 nitrogen and oxygen atoms in total. The zero-order valence-corrected chi connectivity index (χ0v) is 22.5. The first kappa shape index (κ1) is 24.2. The maximum absolute atomic E-state index is 14.0. The highest BCUT2D eigenvalue weighted by Gasteiger charge is 2.39. The van der Waals surface area contributed by atoms with Crippen LogP contribution in [0.15, 0.2) is 84.1 Å². The molecule has 2 saturated carbocycles. The van der Waals surface area contributed by atoms with Crippen LogP contribution in [-0.4, -0.2) is 39.8 Å². The number of aromatic nitrogens is 3. The molecule has 196 valence electrons. The second-order valence-electron chi connectivity index (χ2n) is 10.6. The van der Waals surface area contributed by atoms with Gasteiger partial charge in [0, 0.05) is 35.6 Å². The van der Waals surface area contributed by atoms with Crippen LogP contribution >= 0.6 is 0 Å². The standard InChI is InChI=1S/C31H29N5O2S/c1-20-15-28-27(31(34-19-33-28)35-24-10-11-24)17-26(20)23-7-2-5-21(16-23)18-36(25-12-13-25)39(37,38)29-9-3-6-22-8-4-14-32-30(22)29/h2-9,14-17,19,24-25H,10-13,18H2,1H3,(H,33,34,35). The van der Waals surface area contributed by atoms with Crippen molar-refractivity contribution in [1.82, 2.24) is 19.3 Å². The van der Waals surface area contributed by atoms with Gasteiger partial charge in [-0.1, -0.05) is 36.4 Å². The van der Waals surface area contributed by atoms with E-state index >= 15 is 0 Å². The van der Waals surface area contributed by atoms with Gasteiger partial charge in [0.25, 0.3) is 0 Å². The topological polar surface area (TPSA) is 88.1 Å². The van der Waals surface area contributed by atoms with Crippen LogP contribution in [0, 0.1) is 6.92 Å². The minimum absolute atomic E-state index is 0.00762. The largest absolute Gasteiger partial charge is 0.367 e.